The van der Waals surface area contributed by atoms with E-state index in [1.807, 2.05) is 18.2 Å². The van der Waals surface area contributed by atoms with Gasteiger partial charge in [0.25, 0.3) is 0 Å². The standard InChI is InChI=1S/C20H17F3N4O2/c21-20(22,23)28-16-7-4-14(5-8-16)15-6-9-19-17(11-15)18(26-29-19)3-1-2-10-27-13-24-12-25-27/h4-9,11-13H,1-3,10H2. The first-order valence-corrected chi connectivity index (χ1v) is 9.05. The van der Waals surface area contributed by atoms with E-state index >= 15 is 0 Å². The number of alkyl halides is 3. The number of nitrogens with zero attached hydrogens (tertiary/aromatic N) is 4. The van der Waals surface area contributed by atoms with Gasteiger partial charge in [-0.25, -0.2) is 4.98 Å². The third-order valence-electron chi connectivity index (χ3n) is 4.48. The molecule has 0 saturated carbocycles. The zero-order chi connectivity index (χ0) is 20.3. The molecule has 0 unspecified atom stereocenters. The summed E-state index contributed by atoms with van der Waals surface area (Å²) in [4.78, 5) is 3.91. The predicted octanol–water partition coefficient (Wildman–Crippen LogP) is 5.01. The van der Waals surface area contributed by atoms with Crippen LogP contribution >= 0.6 is 0 Å². The summed E-state index contributed by atoms with van der Waals surface area (Å²) in [6.07, 6.45) is 1.08. The zero-order valence-electron chi connectivity index (χ0n) is 15.3. The Balaban J connectivity index is 1.46. The van der Waals surface area contributed by atoms with Gasteiger partial charge in [-0.15, -0.1) is 13.2 Å². The highest BCUT2D eigenvalue weighted by Crippen LogP contribution is 2.30. The Morgan fingerprint density at radius 2 is 1.79 bits per heavy atom. The van der Waals surface area contributed by atoms with Gasteiger partial charge in [-0.3, -0.25) is 4.68 Å². The molecule has 2 aromatic carbocycles. The molecular weight excluding hydrogens is 385 g/mol. The van der Waals surface area contributed by atoms with E-state index in [0.717, 1.165) is 48.0 Å². The van der Waals surface area contributed by atoms with E-state index in [9.17, 15) is 13.2 Å². The van der Waals surface area contributed by atoms with Gasteiger partial charge >= 0.3 is 6.36 Å². The summed E-state index contributed by atoms with van der Waals surface area (Å²) in [6, 6.07) is 11.4. The summed E-state index contributed by atoms with van der Waals surface area (Å²) >= 11 is 0. The molecule has 150 valence electrons. The van der Waals surface area contributed by atoms with E-state index in [0.29, 0.717) is 5.58 Å². The quantitative estimate of drug-likeness (QED) is 0.407. The minimum absolute atomic E-state index is 0.250. The first-order chi connectivity index (χ1) is 14.0. The summed E-state index contributed by atoms with van der Waals surface area (Å²) in [5.41, 5.74) is 3.18. The molecule has 0 N–H and O–H groups in total. The van der Waals surface area contributed by atoms with Crippen molar-refractivity contribution in [3.63, 3.8) is 0 Å². The Morgan fingerprint density at radius 3 is 2.52 bits per heavy atom. The van der Waals surface area contributed by atoms with E-state index in [1.54, 1.807) is 23.1 Å². The Morgan fingerprint density at radius 1 is 1.00 bits per heavy atom. The smallest absolute Gasteiger partial charge is 0.406 e. The van der Waals surface area contributed by atoms with E-state index in [2.05, 4.69) is 20.0 Å². The van der Waals surface area contributed by atoms with Crippen LogP contribution in [0.15, 0.2) is 59.6 Å². The van der Waals surface area contributed by atoms with Gasteiger partial charge < -0.3 is 9.26 Å². The maximum Gasteiger partial charge on any atom is 0.573 e. The lowest BCUT2D eigenvalue weighted by Gasteiger charge is -2.09. The van der Waals surface area contributed by atoms with E-state index in [4.69, 9.17) is 4.52 Å². The minimum Gasteiger partial charge on any atom is -0.406 e. The summed E-state index contributed by atoms with van der Waals surface area (Å²) in [6.45, 7) is 0.785. The minimum atomic E-state index is -4.70. The number of hydrogen-bond acceptors (Lipinski definition) is 5. The van der Waals surface area contributed by atoms with Crippen LogP contribution in [0.5, 0.6) is 5.75 Å². The molecule has 4 aromatic rings. The highest BCUT2D eigenvalue weighted by Gasteiger charge is 2.30. The van der Waals surface area contributed by atoms with Gasteiger partial charge in [-0.2, -0.15) is 5.10 Å². The maximum atomic E-state index is 12.3. The molecule has 2 heterocycles. The number of aryl methyl sites for hydroxylation is 2. The topological polar surface area (TPSA) is 66.0 Å². The number of unbranched alkanes of at least 4 members (excludes halogenated alkanes) is 1. The second-order valence-electron chi connectivity index (χ2n) is 6.53. The molecule has 0 radical (unpaired) electrons. The van der Waals surface area contributed by atoms with Gasteiger partial charge in [-0.05, 0) is 54.7 Å². The van der Waals surface area contributed by atoms with E-state index in [1.165, 1.54) is 18.5 Å². The fraction of sp³-hybridized carbons (Fsp3) is 0.250. The monoisotopic (exact) mass is 402 g/mol. The van der Waals surface area contributed by atoms with Crippen LogP contribution in [-0.2, 0) is 13.0 Å². The Hall–Kier alpha value is -3.36. The van der Waals surface area contributed by atoms with Crippen molar-refractivity contribution in [2.24, 2.45) is 0 Å². The molecule has 0 spiro atoms. The van der Waals surface area contributed by atoms with Crippen molar-refractivity contribution in [3.8, 4) is 16.9 Å². The molecule has 9 heteroatoms. The first kappa shape index (κ1) is 19.0. The SMILES string of the molecule is FC(F)(F)Oc1ccc(-c2ccc3onc(CCCCn4cncn4)c3c2)cc1. The maximum absolute atomic E-state index is 12.3. The van der Waals surface area contributed by atoms with Crippen molar-refractivity contribution >= 4 is 11.0 Å². The van der Waals surface area contributed by atoms with Gasteiger partial charge in [0.15, 0.2) is 5.58 Å². The lowest BCUT2D eigenvalue weighted by atomic mass is 10.0. The molecule has 29 heavy (non-hydrogen) atoms. The molecule has 0 atom stereocenters. The van der Waals surface area contributed by atoms with Crippen molar-refractivity contribution < 1.29 is 22.4 Å². The van der Waals surface area contributed by atoms with Crippen molar-refractivity contribution in [1.29, 1.82) is 0 Å². The number of fused-ring (bicyclic) bond motifs is 1. The summed E-state index contributed by atoms with van der Waals surface area (Å²) in [5.74, 6) is -0.250. The molecule has 0 aliphatic rings. The lowest BCUT2D eigenvalue weighted by Crippen LogP contribution is -2.16. The number of halogens is 3. The van der Waals surface area contributed by atoms with Crippen LogP contribution in [0.1, 0.15) is 18.5 Å². The molecule has 0 saturated heterocycles. The highest BCUT2D eigenvalue weighted by molar-refractivity contribution is 5.85. The Bertz CT molecular complexity index is 1070. The van der Waals surface area contributed by atoms with Gasteiger partial charge in [0.05, 0.1) is 5.69 Å². The van der Waals surface area contributed by atoms with Crippen molar-refractivity contribution in [2.75, 3.05) is 0 Å². The predicted molar refractivity (Wildman–Crippen MR) is 99.1 cm³/mol. The van der Waals surface area contributed by atoms with Crippen LogP contribution in [0, 0.1) is 0 Å². The van der Waals surface area contributed by atoms with Crippen LogP contribution in [0.3, 0.4) is 0 Å². The van der Waals surface area contributed by atoms with Crippen LogP contribution in [0.25, 0.3) is 22.1 Å². The molecule has 2 aromatic heterocycles. The first-order valence-electron chi connectivity index (χ1n) is 9.05. The van der Waals surface area contributed by atoms with Crippen LogP contribution in [-0.4, -0.2) is 26.3 Å². The van der Waals surface area contributed by atoms with Gasteiger partial charge in [0, 0.05) is 11.9 Å². The average molecular weight is 402 g/mol. The number of ether oxygens (including phenoxy) is 1. The van der Waals surface area contributed by atoms with E-state index < -0.39 is 6.36 Å². The molecule has 0 bridgehead atoms. The van der Waals surface area contributed by atoms with Crippen molar-refractivity contribution in [1.82, 2.24) is 19.9 Å². The largest absolute Gasteiger partial charge is 0.573 e. The number of hydrogen-bond donors (Lipinski definition) is 0. The number of aromatic nitrogens is 4. The molecule has 0 aliphatic carbocycles. The third kappa shape index (κ3) is 4.74. The van der Waals surface area contributed by atoms with E-state index in [-0.39, 0.29) is 5.75 Å². The average Bonchev–Trinajstić information content (AvgIpc) is 3.34. The van der Waals surface area contributed by atoms with Crippen LogP contribution in [0.4, 0.5) is 13.2 Å². The van der Waals surface area contributed by atoms with Crippen LogP contribution < -0.4 is 4.74 Å². The second-order valence-corrected chi connectivity index (χ2v) is 6.53. The van der Waals surface area contributed by atoms with Gasteiger partial charge in [0.1, 0.15) is 18.4 Å². The van der Waals surface area contributed by atoms with Gasteiger partial charge in [-0.1, -0.05) is 23.4 Å². The lowest BCUT2D eigenvalue weighted by molar-refractivity contribution is -0.274. The second kappa shape index (κ2) is 7.94. The fourth-order valence-corrected chi connectivity index (χ4v) is 3.11. The summed E-state index contributed by atoms with van der Waals surface area (Å²) in [7, 11) is 0. The fourth-order valence-electron chi connectivity index (χ4n) is 3.11. The molecule has 6 nitrogen and oxygen atoms in total. The van der Waals surface area contributed by atoms with Gasteiger partial charge in [0.2, 0.25) is 0 Å². The highest BCUT2D eigenvalue weighted by atomic mass is 19.4. The van der Waals surface area contributed by atoms with Crippen LogP contribution in [0.2, 0.25) is 0 Å². The summed E-state index contributed by atoms with van der Waals surface area (Å²) < 4.78 is 48.0. The summed E-state index contributed by atoms with van der Waals surface area (Å²) in [5, 5.41) is 9.14. The third-order valence-corrected chi connectivity index (χ3v) is 4.48. The number of rotatable bonds is 7. The molecule has 0 amide bonds. The molecular formula is C20H17F3N4O2. The molecule has 4 rings (SSSR count). The van der Waals surface area contributed by atoms with Crippen molar-refractivity contribution in [3.05, 3.63) is 60.8 Å². The van der Waals surface area contributed by atoms with Crippen molar-refractivity contribution in [2.45, 2.75) is 32.2 Å². The molecule has 0 fully saturated rings. The normalized spacial score (nSPS) is 11.8. The zero-order valence-corrected chi connectivity index (χ0v) is 15.3. The Kier molecular flexibility index (Phi) is 5.20. The number of benzene rings is 2. The Labute approximate surface area is 163 Å². The molecule has 0 aliphatic heterocycles.